The molecule has 102 heavy (non-hydrogen) atoms. The average Bonchev–Trinajstić information content (AvgIpc) is 1.46. The lowest BCUT2D eigenvalue weighted by Gasteiger charge is -2.42. The van der Waals surface area contributed by atoms with Crippen LogP contribution >= 0.6 is 0 Å². The van der Waals surface area contributed by atoms with Gasteiger partial charge in [0.05, 0.1) is 94.5 Å². The first kappa shape index (κ1) is 80.6. The maximum Gasteiger partial charge on any atom is 0.329 e. The number of piperidine rings is 2. The van der Waals surface area contributed by atoms with Crippen molar-refractivity contribution in [2.45, 2.75) is 212 Å². The Labute approximate surface area is 598 Å². The van der Waals surface area contributed by atoms with Crippen molar-refractivity contribution in [3.05, 3.63) is 88.8 Å². The van der Waals surface area contributed by atoms with Crippen LogP contribution in [0.1, 0.15) is 165 Å². The molecule has 0 radical (unpaired) electrons. The molecule has 5 aliphatic heterocycles. The molecule has 1 aromatic carbocycles. The van der Waals surface area contributed by atoms with Crippen molar-refractivity contribution in [3.8, 4) is 0 Å². The number of benzene rings is 1. The number of hydrogen-bond acceptors (Lipinski definition) is 23. The van der Waals surface area contributed by atoms with Gasteiger partial charge in [-0.05, 0) is 126 Å². The van der Waals surface area contributed by atoms with Crippen molar-refractivity contribution in [1.29, 1.82) is 0 Å². The van der Waals surface area contributed by atoms with E-state index in [-0.39, 0.29) is 105 Å². The van der Waals surface area contributed by atoms with E-state index in [2.05, 4.69) is 20.9 Å². The second-order valence-corrected chi connectivity index (χ2v) is 28.3. The fourth-order valence-electron chi connectivity index (χ4n) is 14.6. The third kappa shape index (κ3) is 21.1. The summed E-state index contributed by atoms with van der Waals surface area (Å²) in [5.74, 6) is -10.7. The van der Waals surface area contributed by atoms with Gasteiger partial charge in [0.15, 0.2) is 5.78 Å². The molecule has 1 aromatic heterocycles. The normalized spacial score (nSPS) is 32.2. The van der Waals surface area contributed by atoms with Gasteiger partial charge in [0, 0.05) is 77.1 Å². The number of aliphatic hydroxyl groups excluding tert-OH is 1. The number of aromatic nitrogens is 3. The Morgan fingerprint density at radius 1 is 0.775 bits per heavy atom. The van der Waals surface area contributed by atoms with E-state index in [0.717, 1.165) is 16.9 Å². The van der Waals surface area contributed by atoms with Crippen molar-refractivity contribution in [1.82, 2.24) is 30.1 Å². The van der Waals surface area contributed by atoms with Gasteiger partial charge in [-0.2, -0.15) is 0 Å². The number of Topliss-reactive ketones (excluding diaryl/α,β-unsaturated/α-hetero) is 3. The summed E-state index contributed by atoms with van der Waals surface area (Å²) in [5.41, 5.74) is 2.65. The predicted octanol–water partition coefficient (Wildman–Crippen LogP) is 6.56. The Hall–Kier alpha value is -7.05. The number of esters is 1. The molecule has 6 aliphatic rings. The molecule has 27 heteroatoms. The average molecular weight is 1430 g/mol. The number of fused-ring (bicyclic) bond motifs is 4. The zero-order valence-electron chi connectivity index (χ0n) is 60.9. The van der Waals surface area contributed by atoms with Crippen LogP contribution in [0, 0.1) is 35.5 Å². The van der Waals surface area contributed by atoms with E-state index in [1.165, 1.54) is 18.1 Å². The smallest absolute Gasteiger partial charge is 0.329 e. The first-order chi connectivity index (χ1) is 48.9. The third-order valence-electron chi connectivity index (χ3n) is 20.7. The molecule has 6 heterocycles. The summed E-state index contributed by atoms with van der Waals surface area (Å²) < 4.78 is 55.5. The van der Waals surface area contributed by atoms with Crippen molar-refractivity contribution in [2.75, 3.05) is 79.4 Å². The quantitative estimate of drug-likeness (QED) is 0.0301. The number of aliphatic hydroxyl groups is 2. The number of anilines is 1. The van der Waals surface area contributed by atoms with E-state index in [9.17, 15) is 53.4 Å². The first-order valence-electron chi connectivity index (χ1n) is 36.2. The third-order valence-corrected chi connectivity index (χ3v) is 20.7. The molecule has 5 amide bonds. The lowest BCUT2D eigenvalue weighted by Crippen LogP contribution is -2.61. The van der Waals surface area contributed by atoms with Crippen molar-refractivity contribution < 1.29 is 96.0 Å². The monoisotopic (exact) mass is 1430 g/mol. The molecular weight excluding hydrogens is 1320 g/mol. The summed E-state index contributed by atoms with van der Waals surface area (Å²) in [6.07, 6.45) is 13.1. The number of nitrogens with zero attached hydrogens (tertiary/aromatic N) is 5. The first-order valence-corrected chi connectivity index (χ1v) is 36.2. The molecule has 4 fully saturated rings. The number of imide groups is 2. The summed E-state index contributed by atoms with van der Waals surface area (Å²) in [7, 11) is 4.58. The molecule has 1 aliphatic carbocycles. The molecule has 1 unspecified atom stereocenters. The largest absolute Gasteiger partial charge is 0.460 e. The summed E-state index contributed by atoms with van der Waals surface area (Å²) >= 11 is 0. The molecule has 16 atom stereocenters. The van der Waals surface area contributed by atoms with E-state index in [1.54, 1.807) is 64.1 Å². The molecule has 3 saturated heterocycles. The van der Waals surface area contributed by atoms with Crippen LogP contribution < -0.4 is 10.6 Å². The van der Waals surface area contributed by atoms with Gasteiger partial charge in [-0.25, -0.2) is 9.48 Å². The lowest BCUT2D eigenvalue weighted by atomic mass is 9.78. The minimum absolute atomic E-state index is 0.0115. The number of allylic oxidation sites excluding steroid dienone is 6. The molecule has 8 rings (SSSR count). The zero-order chi connectivity index (χ0) is 73.8. The molecule has 562 valence electrons. The van der Waals surface area contributed by atoms with Crippen LogP contribution in [0.3, 0.4) is 0 Å². The lowest BCUT2D eigenvalue weighted by molar-refractivity contribution is -0.265. The topological polar surface area (TPSA) is 338 Å². The minimum Gasteiger partial charge on any atom is -0.460 e. The van der Waals surface area contributed by atoms with Crippen LogP contribution in [-0.4, -0.2) is 223 Å². The standard InChI is InChI=1S/C75H107N7O20/c1-45-17-12-11-13-18-46(2)61(94-8)41-54-24-22-51(7)75(93,102-54)69(87)73(91)81-29-15-14-21-58(81)74(92)101-62(42-59(83)47(3)38-50(6)67(86)68(96-10)66(85)49(5)37-45)48(4)39-52-23-26-60(63(40-52)95-9)100-36-35-99-44-53-43-80(79-78-53)30-32-98-34-33-97-31-28-76-56-20-16-19-55-65(56)72(90)82(71(55)89)57-25-27-64(84)77-70(57)88/h11-13,16-20,38,43,45,47-49,51-52,54,57-58,60-63,67-68,76,86,93H,14-15,21-37,39-42,44H2,1-10H3,(H,77,84,88)/b13-11-,17-12-,46-18-,50-38-/t45-,47-,48-,49-,51-,52+,54+,57?,58+,60+,61+,62+,63-,67-,68+,75-/m1/s1. The Kier molecular flexibility index (Phi) is 30.5. The Morgan fingerprint density at radius 2 is 1.54 bits per heavy atom. The number of ketones is 3. The number of rotatable bonds is 23. The van der Waals surface area contributed by atoms with Crippen molar-refractivity contribution in [3.63, 3.8) is 0 Å². The van der Waals surface area contributed by atoms with E-state index in [1.807, 2.05) is 58.1 Å². The SMILES string of the molecule is CO[C@H]1C[C@@H]2CC[C@@H](C)[C@@](O)(O2)C(=O)C(=O)N2CCCC[C@H]2C(=O)O[C@H]([C@H](C)C[C@@H]2CC[C@H](OCCOCc3cn(CCOCCOCCNc4cccc5c4C(=O)N(C4CCC(=O)NC4=O)C5=O)nn3)[C@H](OC)C2)CC(=O)[C@H](C)/C=C(/C)[C@@H](O)[C@@H](OC)C(=O)[C@H](C)C[C@H](C)\C=C/C=C\C=C/1C. The van der Waals surface area contributed by atoms with Crippen LogP contribution in [-0.2, 0) is 89.3 Å². The maximum atomic E-state index is 14.7. The number of cyclic esters (lactones) is 1. The van der Waals surface area contributed by atoms with Gasteiger partial charge < -0.3 is 63.1 Å². The highest BCUT2D eigenvalue weighted by Crippen LogP contribution is 2.39. The van der Waals surface area contributed by atoms with Gasteiger partial charge in [0.2, 0.25) is 17.6 Å². The number of amides is 5. The summed E-state index contributed by atoms with van der Waals surface area (Å²) in [5, 5.41) is 37.5. The molecule has 2 aromatic rings. The summed E-state index contributed by atoms with van der Waals surface area (Å²) in [6, 6.07) is 2.62. The maximum absolute atomic E-state index is 14.7. The van der Waals surface area contributed by atoms with Gasteiger partial charge in [-0.15, -0.1) is 5.10 Å². The van der Waals surface area contributed by atoms with Gasteiger partial charge in [0.25, 0.3) is 23.5 Å². The molecular formula is C75H107N7O20. The van der Waals surface area contributed by atoms with Crippen LogP contribution in [0.15, 0.2) is 72.0 Å². The fraction of sp³-hybridized carbons (Fsp3) is 0.667. The van der Waals surface area contributed by atoms with E-state index >= 15 is 0 Å². The van der Waals surface area contributed by atoms with Crippen LogP contribution in [0.4, 0.5) is 5.69 Å². The van der Waals surface area contributed by atoms with Crippen LogP contribution in [0.25, 0.3) is 0 Å². The number of nitrogens with one attached hydrogen (secondary N) is 2. The predicted molar refractivity (Wildman–Crippen MR) is 372 cm³/mol. The highest BCUT2D eigenvalue weighted by atomic mass is 16.6. The van der Waals surface area contributed by atoms with Crippen molar-refractivity contribution in [2.24, 2.45) is 35.5 Å². The van der Waals surface area contributed by atoms with Gasteiger partial charge in [-0.1, -0.05) is 82.4 Å². The molecule has 4 N–H and O–H groups in total. The Bertz CT molecular complexity index is 3370. The highest BCUT2D eigenvalue weighted by molar-refractivity contribution is 6.39. The van der Waals surface area contributed by atoms with E-state index in [4.69, 9.17) is 42.6 Å². The number of carbonyl (C=O) groups is 9. The van der Waals surface area contributed by atoms with Gasteiger partial charge in [0.1, 0.15) is 41.9 Å². The Balaban J connectivity index is 0.818. The summed E-state index contributed by atoms with van der Waals surface area (Å²) in [6.45, 7) is 15.5. The van der Waals surface area contributed by atoms with Gasteiger partial charge in [-0.3, -0.25) is 48.6 Å². The zero-order valence-corrected chi connectivity index (χ0v) is 60.9. The number of carbonyl (C=O) groups excluding carboxylic acids is 9. The number of hydrogen-bond donors (Lipinski definition) is 4. The molecule has 27 nitrogen and oxygen atoms in total. The molecule has 2 bridgehead atoms. The minimum atomic E-state index is -2.47. The van der Waals surface area contributed by atoms with Crippen LogP contribution in [0.5, 0.6) is 0 Å². The van der Waals surface area contributed by atoms with E-state index in [0.29, 0.717) is 108 Å². The second kappa shape index (κ2) is 38.6. The fourth-order valence-corrected chi connectivity index (χ4v) is 14.6. The Morgan fingerprint density at radius 3 is 2.28 bits per heavy atom. The summed E-state index contributed by atoms with van der Waals surface area (Å²) in [4.78, 5) is 125. The van der Waals surface area contributed by atoms with Crippen LogP contribution in [0.2, 0.25) is 0 Å². The number of methoxy groups -OCH3 is 3. The second-order valence-electron chi connectivity index (χ2n) is 28.3. The molecule has 0 spiro atoms. The van der Waals surface area contributed by atoms with Gasteiger partial charge >= 0.3 is 5.97 Å². The highest BCUT2D eigenvalue weighted by Gasteiger charge is 2.53. The van der Waals surface area contributed by atoms with E-state index < -0.39 is 113 Å². The van der Waals surface area contributed by atoms with Crippen molar-refractivity contribution >= 4 is 58.5 Å². The molecule has 1 saturated carbocycles. The number of ether oxygens (including phenoxy) is 9.